The van der Waals surface area contributed by atoms with Gasteiger partial charge in [-0.1, -0.05) is 20.8 Å². The van der Waals surface area contributed by atoms with Gasteiger partial charge < -0.3 is 15.2 Å². The predicted octanol–water partition coefficient (Wildman–Crippen LogP) is 3.04. The number of ether oxygens (including phenoxy) is 2. The first-order valence-electron chi connectivity index (χ1n) is 7.31. The smallest absolute Gasteiger partial charge is 0.343 e. The molecule has 2 unspecified atom stereocenters. The number of nitrogens with two attached hydrogens (primary N) is 1. The highest BCUT2D eigenvalue weighted by molar-refractivity contribution is 5.92. The molecule has 2 N–H and O–H groups in total. The van der Waals surface area contributed by atoms with Gasteiger partial charge in [0.05, 0.1) is 19.0 Å². The predicted molar refractivity (Wildman–Crippen MR) is 81.2 cm³/mol. The Balaban J connectivity index is 2.21. The number of methoxy groups -OCH3 is 1. The summed E-state index contributed by atoms with van der Waals surface area (Å²) in [5.74, 6) is 0.424. The fourth-order valence-corrected chi connectivity index (χ4v) is 3.32. The first kappa shape index (κ1) is 15.6. The number of aromatic nitrogens is 1. The highest BCUT2D eigenvalue weighted by Gasteiger charge is 2.34. The first-order valence-corrected chi connectivity index (χ1v) is 7.31. The summed E-state index contributed by atoms with van der Waals surface area (Å²) < 4.78 is 10.8. The highest BCUT2D eigenvalue weighted by atomic mass is 16.5. The number of anilines is 1. The number of carbonyl (C=O) groups excluding carboxylic acids is 1. The van der Waals surface area contributed by atoms with Crippen molar-refractivity contribution in [3.63, 3.8) is 0 Å². The lowest BCUT2D eigenvalue weighted by atomic mass is 9.71. The molecule has 5 nitrogen and oxygen atoms in total. The average Bonchev–Trinajstić information content (AvgIpc) is 2.37. The van der Waals surface area contributed by atoms with Crippen molar-refractivity contribution >= 4 is 11.7 Å². The van der Waals surface area contributed by atoms with Crippen molar-refractivity contribution in [2.75, 3.05) is 12.8 Å². The van der Waals surface area contributed by atoms with Crippen molar-refractivity contribution < 1.29 is 14.3 Å². The molecule has 116 valence electrons. The Morgan fingerprint density at radius 2 is 2.14 bits per heavy atom. The van der Waals surface area contributed by atoms with Crippen LogP contribution in [-0.2, 0) is 4.74 Å². The van der Waals surface area contributed by atoms with E-state index in [4.69, 9.17) is 15.2 Å². The lowest BCUT2D eigenvalue weighted by Gasteiger charge is -2.38. The summed E-state index contributed by atoms with van der Waals surface area (Å²) in [7, 11) is 1.33. The second-order valence-corrected chi connectivity index (χ2v) is 6.77. The van der Waals surface area contributed by atoms with E-state index < -0.39 is 5.97 Å². The molecule has 0 amide bonds. The van der Waals surface area contributed by atoms with Gasteiger partial charge in [0.25, 0.3) is 0 Å². The van der Waals surface area contributed by atoms with E-state index in [2.05, 4.69) is 25.8 Å². The molecule has 5 heteroatoms. The fraction of sp³-hybridized carbons (Fsp3) is 0.625. The number of rotatable bonds is 3. The molecule has 0 aliphatic heterocycles. The third kappa shape index (κ3) is 3.86. The Hall–Kier alpha value is -1.78. The molecule has 1 heterocycles. The monoisotopic (exact) mass is 292 g/mol. The van der Waals surface area contributed by atoms with Crippen LogP contribution >= 0.6 is 0 Å². The molecular formula is C16H24N2O3. The van der Waals surface area contributed by atoms with Crippen LogP contribution in [0.5, 0.6) is 5.88 Å². The van der Waals surface area contributed by atoms with E-state index in [1.165, 1.54) is 19.7 Å². The van der Waals surface area contributed by atoms with Crippen LogP contribution in [0.4, 0.5) is 5.69 Å². The molecule has 0 radical (unpaired) electrons. The van der Waals surface area contributed by atoms with Gasteiger partial charge in [0.15, 0.2) is 0 Å². The Morgan fingerprint density at radius 1 is 1.43 bits per heavy atom. The summed E-state index contributed by atoms with van der Waals surface area (Å²) in [4.78, 5) is 16.0. The largest absolute Gasteiger partial charge is 0.474 e. The van der Waals surface area contributed by atoms with Crippen LogP contribution in [0.1, 0.15) is 50.4 Å². The van der Waals surface area contributed by atoms with E-state index in [9.17, 15) is 4.79 Å². The molecule has 2 atom stereocenters. The Bertz CT molecular complexity index is 528. The SMILES string of the molecule is COC(=O)c1cc(N)cnc1OC1CC(C)CC(C)(C)C1. The molecule has 21 heavy (non-hydrogen) atoms. The maximum Gasteiger partial charge on any atom is 0.343 e. The molecule has 1 aliphatic carbocycles. The van der Waals surface area contributed by atoms with Gasteiger partial charge in [-0.15, -0.1) is 0 Å². The van der Waals surface area contributed by atoms with E-state index in [1.807, 2.05) is 0 Å². The lowest BCUT2D eigenvalue weighted by Crippen LogP contribution is -2.34. The Morgan fingerprint density at radius 3 is 2.76 bits per heavy atom. The van der Waals surface area contributed by atoms with Gasteiger partial charge >= 0.3 is 5.97 Å². The lowest BCUT2D eigenvalue weighted by molar-refractivity contribution is 0.0482. The number of pyridine rings is 1. The summed E-state index contributed by atoms with van der Waals surface area (Å²) >= 11 is 0. The molecular weight excluding hydrogens is 268 g/mol. The van der Waals surface area contributed by atoms with Crippen LogP contribution in [0, 0.1) is 11.3 Å². The fourth-order valence-electron chi connectivity index (χ4n) is 3.32. The maximum absolute atomic E-state index is 11.8. The van der Waals surface area contributed by atoms with Crippen molar-refractivity contribution in [2.45, 2.75) is 46.1 Å². The second kappa shape index (κ2) is 5.92. The van der Waals surface area contributed by atoms with Crippen LogP contribution in [0.15, 0.2) is 12.3 Å². The molecule has 0 saturated heterocycles. The normalized spacial score (nSPS) is 24.4. The molecule has 1 aromatic rings. The molecule has 1 aliphatic rings. The van der Waals surface area contributed by atoms with Crippen LogP contribution in [0.2, 0.25) is 0 Å². The van der Waals surface area contributed by atoms with Crippen molar-refractivity contribution in [1.82, 2.24) is 4.98 Å². The van der Waals surface area contributed by atoms with Gasteiger partial charge in [0.2, 0.25) is 5.88 Å². The van der Waals surface area contributed by atoms with Crippen LogP contribution < -0.4 is 10.5 Å². The van der Waals surface area contributed by atoms with E-state index >= 15 is 0 Å². The number of nitrogens with zero attached hydrogens (tertiary/aromatic N) is 1. The summed E-state index contributed by atoms with van der Waals surface area (Å²) in [6.07, 6.45) is 4.66. The third-order valence-electron chi connectivity index (χ3n) is 3.90. The van der Waals surface area contributed by atoms with Gasteiger partial charge in [-0.25, -0.2) is 9.78 Å². The van der Waals surface area contributed by atoms with Gasteiger partial charge in [-0.3, -0.25) is 0 Å². The van der Waals surface area contributed by atoms with Crippen LogP contribution in [-0.4, -0.2) is 24.2 Å². The number of hydrogen-bond donors (Lipinski definition) is 1. The minimum Gasteiger partial charge on any atom is -0.474 e. The summed E-state index contributed by atoms with van der Waals surface area (Å²) in [5.41, 5.74) is 6.63. The molecule has 0 aromatic carbocycles. The number of nitrogen functional groups attached to an aromatic ring is 1. The van der Waals surface area contributed by atoms with E-state index in [1.54, 1.807) is 6.07 Å². The minimum absolute atomic E-state index is 0.0586. The molecule has 1 aromatic heterocycles. The highest BCUT2D eigenvalue weighted by Crippen LogP contribution is 2.40. The number of carbonyl (C=O) groups is 1. The van der Waals surface area contributed by atoms with Gasteiger partial charge in [-0.2, -0.15) is 0 Å². The topological polar surface area (TPSA) is 74.4 Å². The third-order valence-corrected chi connectivity index (χ3v) is 3.90. The molecule has 2 rings (SSSR count). The van der Waals surface area contributed by atoms with Crippen molar-refractivity contribution in [1.29, 1.82) is 0 Å². The Kier molecular flexibility index (Phi) is 4.40. The summed E-state index contributed by atoms with van der Waals surface area (Å²) in [6.45, 7) is 6.72. The molecule has 0 bridgehead atoms. The first-order chi connectivity index (χ1) is 9.80. The molecule has 1 saturated carbocycles. The molecule has 1 fully saturated rings. The zero-order valence-electron chi connectivity index (χ0n) is 13.2. The zero-order valence-corrected chi connectivity index (χ0v) is 13.2. The summed E-state index contributed by atoms with van der Waals surface area (Å²) in [5, 5.41) is 0. The zero-order chi connectivity index (χ0) is 15.6. The number of hydrogen-bond acceptors (Lipinski definition) is 5. The summed E-state index contributed by atoms with van der Waals surface area (Å²) in [6, 6.07) is 1.55. The van der Waals surface area contributed by atoms with Gasteiger partial charge in [0.1, 0.15) is 11.7 Å². The van der Waals surface area contributed by atoms with Crippen LogP contribution in [0.3, 0.4) is 0 Å². The van der Waals surface area contributed by atoms with Crippen molar-refractivity contribution in [2.24, 2.45) is 11.3 Å². The molecule has 0 spiro atoms. The second-order valence-electron chi connectivity index (χ2n) is 6.77. The van der Waals surface area contributed by atoms with Crippen molar-refractivity contribution in [3.8, 4) is 5.88 Å². The average molecular weight is 292 g/mol. The van der Waals surface area contributed by atoms with Gasteiger partial charge in [-0.05, 0) is 36.7 Å². The van der Waals surface area contributed by atoms with Gasteiger partial charge in [0, 0.05) is 0 Å². The van der Waals surface area contributed by atoms with E-state index in [0.717, 1.165) is 12.8 Å². The minimum atomic E-state index is -0.479. The van der Waals surface area contributed by atoms with E-state index in [-0.39, 0.29) is 17.1 Å². The van der Waals surface area contributed by atoms with Crippen LogP contribution in [0.25, 0.3) is 0 Å². The quantitative estimate of drug-likeness (QED) is 0.867. The standard InChI is InChI=1S/C16H24N2O3/c1-10-5-12(8-16(2,3)7-10)21-14-13(15(19)20-4)6-11(17)9-18-14/h6,9-10,12H,5,7-8,17H2,1-4H3. The maximum atomic E-state index is 11.8. The van der Waals surface area contributed by atoms with E-state index in [0.29, 0.717) is 17.5 Å². The number of esters is 1. The van der Waals surface area contributed by atoms with Crippen molar-refractivity contribution in [3.05, 3.63) is 17.8 Å². The Labute approximate surface area is 125 Å².